The van der Waals surface area contributed by atoms with E-state index in [4.69, 9.17) is 0 Å². The van der Waals surface area contributed by atoms with E-state index in [-0.39, 0.29) is 0 Å². The van der Waals surface area contributed by atoms with Crippen molar-refractivity contribution < 1.29 is 0 Å². The summed E-state index contributed by atoms with van der Waals surface area (Å²) in [5.74, 6) is 1.93. The molecule has 0 N–H and O–H groups in total. The standard InChI is InChI=1S/C13H16N2S2/c1-4-12-14-13(17-15-12)16-8-11-6-5-9(2)10(3)7-11/h5-7H,4,8H2,1-3H3. The van der Waals surface area contributed by atoms with Crippen molar-refractivity contribution in [3.63, 3.8) is 0 Å². The second kappa shape index (κ2) is 5.65. The molecule has 17 heavy (non-hydrogen) atoms. The average molecular weight is 264 g/mol. The summed E-state index contributed by atoms with van der Waals surface area (Å²) in [5.41, 5.74) is 4.06. The first-order valence-electron chi connectivity index (χ1n) is 5.70. The highest BCUT2D eigenvalue weighted by Gasteiger charge is 2.04. The molecule has 4 heteroatoms. The Morgan fingerprint density at radius 3 is 2.71 bits per heavy atom. The summed E-state index contributed by atoms with van der Waals surface area (Å²) in [5, 5.41) is 0. The van der Waals surface area contributed by atoms with E-state index >= 15 is 0 Å². The zero-order chi connectivity index (χ0) is 12.3. The Kier molecular flexibility index (Phi) is 4.18. The molecule has 1 aromatic heterocycles. The molecular formula is C13H16N2S2. The molecular weight excluding hydrogens is 248 g/mol. The molecule has 0 bridgehead atoms. The first-order valence-corrected chi connectivity index (χ1v) is 7.46. The second-order valence-electron chi connectivity index (χ2n) is 4.04. The second-order valence-corrected chi connectivity index (χ2v) is 6.01. The van der Waals surface area contributed by atoms with Crippen molar-refractivity contribution in [1.29, 1.82) is 0 Å². The summed E-state index contributed by atoms with van der Waals surface area (Å²) in [7, 11) is 0. The van der Waals surface area contributed by atoms with Crippen LogP contribution in [-0.4, -0.2) is 9.36 Å². The van der Waals surface area contributed by atoms with Crippen molar-refractivity contribution in [2.24, 2.45) is 0 Å². The van der Waals surface area contributed by atoms with E-state index in [0.29, 0.717) is 0 Å². The van der Waals surface area contributed by atoms with Crippen LogP contribution in [0, 0.1) is 13.8 Å². The summed E-state index contributed by atoms with van der Waals surface area (Å²) in [4.78, 5) is 4.45. The Hall–Kier alpha value is -0.870. The third kappa shape index (κ3) is 3.30. The van der Waals surface area contributed by atoms with E-state index in [2.05, 4.69) is 48.3 Å². The minimum absolute atomic E-state index is 0.917. The molecule has 1 heterocycles. The van der Waals surface area contributed by atoms with Gasteiger partial charge in [-0.1, -0.05) is 36.9 Å². The van der Waals surface area contributed by atoms with E-state index in [0.717, 1.165) is 22.3 Å². The van der Waals surface area contributed by atoms with Crippen LogP contribution in [0.4, 0.5) is 0 Å². The van der Waals surface area contributed by atoms with Crippen molar-refractivity contribution in [2.45, 2.75) is 37.3 Å². The number of rotatable bonds is 4. The van der Waals surface area contributed by atoms with Gasteiger partial charge in [0.15, 0.2) is 4.34 Å². The van der Waals surface area contributed by atoms with Crippen molar-refractivity contribution in [3.8, 4) is 0 Å². The Morgan fingerprint density at radius 1 is 1.24 bits per heavy atom. The van der Waals surface area contributed by atoms with Crippen LogP contribution in [-0.2, 0) is 12.2 Å². The third-order valence-corrected chi connectivity index (χ3v) is 4.64. The van der Waals surface area contributed by atoms with Gasteiger partial charge in [-0.2, -0.15) is 4.37 Å². The summed E-state index contributed by atoms with van der Waals surface area (Å²) >= 11 is 3.27. The fraction of sp³-hybridized carbons (Fsp3) is 0.385. The molecule has 0 aliphatic carbocycles. The zero-order valence-corrected chi connectivity index (χ0v) is 12.0. The van der Waals surface area contributed by atoms with Gasteiger partial charge in [0.1, 0.15) is 5.82 Å². The SMILES string of the molecule is CCc1nsc(SCc2ccc(C)c(C)c2)n1. The lowest BCUT2D eigenvalue weighted by Gasteiger charge is -2.03. The summed E-state index contributed by atoms with van der Waals surface area (Å²) in [6, 6.07) is 6.63. The van der Waals surface area contributed by atoms with Crippen LogP contribution in [0.2, 0.25) is 0 Å². The number of aryl methyl sites for hydroxylation is 3. The summed E-state index contributed by atoms with van der Waals surface area (Å²) < 4.78 is 5.36. The smallest absolute Gasteiger partial charge is 0.170 e. The predicted octanol–water partition coefficient (Wildman–Crippen LogP) is 4.01. The van der Waals surface area contributed by atoms with Crippen LogP contribution in [0.3, 0.4) is 0 Å². The van der Waals surface area contributed by atoms with Crippen molar-refractivity contribution in [1.82, 2.24) is 9.36 Å². The molecule has 0 saturated heterocycles. The summed E-state index contributed by atoms with van der Waals surface area (Å²) in [6.45, 7) is 6.38. The highest BCUT2D eigenvalue weighted by Crippen LogP contribution is 2.25. The van der Waals surface area contributed by atoms with Gasteiger partial charge in [-0.15, -0.1) is 0 Å². The van der Waals surface area contributed by atoms with E-state index in [1.54, 1.807) is 11.8 Å². The Balaban J connectivity index is 1.99. The highest BCUT2D eigenvalue weighted by atomic mass is 32.2. The number of thioether (sulfide) groups is 1. The van der Waals surface area contributed by atoms with Gasteiger partial charge in [-0.05, 0) is 42.1 Å². The van der Waals surface area contributed by atoms with Gasteiger partial charge in [-0.25, -0.2) is 4.98 Å². The highest BCUT2D eigenvalue weighted by molar-refractivity contribution is 8.00. The minimum atomic E-state index is 0.917. The molecule has 90 valence electrons. The fourth-order valence-electron chi connectivity index (χ4n) is 1.48. The van der Waals surface area contributed by atoms with Gasteiger partial charge >= 0.3 is 0 Å². The molecule has 0 atom stereocenters. The van der Waals surface area contributed by atoms with Crippen molar-refractivity contribution >= 4 is 23.3 Å². The number of benzene rings is 1. The van der Waals surface area contributed by atoms with Crippen LogP contribution in [0.5, 0.6) is 0 Å². The molecule has 0 fully saturated rings. The molecule has 2 aromatic rings. The van der Waals surface area contributed by atoms with Crippen LogP contribution in [0.25, 0.3) is 0 Å². The molecule has 2 nitrogen and oxygen atoms in total. The molecule has 0 radical (unpaired) electrons. The largest absolute Gasteiger partial charge is 0.213 e. The van der Waals surface area contributed by atoms with Gasteiger partial charge in [0, 0.05) is 12.2 Å². The molecule has 0 aliphatic heterocycles. The van der Waals surface area contributed by atoms with E-state index < -0.39 is 0 Å². The zero-order valence-electron chi connectivity index (χ0n) is 10.4. The molecule has 2 rings (SSSR count). The van der Waals surface area contributed by atoms with Crippen LogP contribution < -0.4 is 0 Å². The lowest BCUT2D eigenvalue weighted by molar-refractivity contribution is 0.971. The Bertz CT molecular complexity index is 506. The minimum Gasteiger partial charge on any atom is -0.213 e. The van der Waals surface area contributed by atoms with Gasteiger partial charge in [0.2, 0.25) is 0 Å². The predicted molar refractivity (Wildman–Crippen MR) is 74.8 cm³/mol. The van der Waals surface area contributed by atoms with Gasteiger partial charge in [-0.3, -0.25) is 0 Å². The van der Waals surface area contributed by atoms with Crippen molar-refractivity contribution in [3.05, 3.63) is 40.7 Å². The van der Waals surface area contributed by atoms with E-state index in [1.165, 1.54) is 28.2 Å². The molecule has 0 aliphatic rings. The maximum absolute atomic E-state index is 4.45. The number of hydrogen-bond donors (Lipinski definition) is 0. The Morgan fingerprint density at radius 2 is 2.06 bits per heavy atom. The quantitative estimate of drug-likeness (QED) is 0.780. The normalized spacial score (nSPS) is 10.8. The van der Waals surface area contributed by atoms with Gasteiger partial charge in [0.25, 0.3) is 0 Å². The third-order valence-electron chi connectivity index (χ3n) is 2.70. The molecule has 0 saturated carbocycles. The lowest BCUT2D eigenvalue weighted by atomic mass is 10.1. The molecule has 0 unspecified atom stereocenters. The summed E-state index contributed by atoms with van der Waals surface area (Å²) in [6.07, 6.45) is 0.917. The average Bonchev–Trinajstić information content (AvgIpc) is 2.79. The maximum Gasteiger partial charge on any atom is 0.170 e. The molecule has 0 spiro atoms. The van der Waals surface area contributed by atoms with Crippen LogP contribution in [0.1, 0.15) is 29.4 Å². The first kappa shape index (κ1) is 12.6. The van der Waals surface area contributed by atoms with E-state index in [1.807, 2.05) is 0 Å². The topological polar surface area (TPSA) is 25.8 Å². The van der Waals surface area contributed by atoms with Gasteiger partial charge in [0.05, 0.1) is 0 Å². The first-order chi connectivity index (χ1) is 8.19. The number of nitrogens with zero attached hydrogens (tertiary/aromatic N) is 2. The molecule has 1 aromatic carbocycles. The van der Waals surface area contributed by atoms with Crippen molar-refractivity contribution in [2.75, 3.05) is 0 Å². The monoisotopic (exact) mass is 264 g/mol. The van der Waals surface area contributed by atoms with Crippen LogP contribution >= 0.6 is 23.3 Å². The van der Waals surface area contributed by atoms with Gasteiger partial charge < -0.3 is 0 Å². The Labute approximate surface area is 111 Å². The maximum atomic E-state index is 4.45. The lowest BCUT2D eigenvalue weighted by Crippen LogP contribution is -1.86. The fourth-order valence-corrected chi connectivity index (χ4v) is 3.12. The molecule has 0 amide bonds. The number of hydrogen-bond acceptors (Lipinski definition) is 4. The van der Waals surface area contributed by atoms with Crippen LogP contribution in [0.15, 0.2) is 22.5 Å². The number of aromatic nitrogens is 2. The van der Waals surface area contributed by atoms with E-state index in [9.17, 15) is 0 Å².